The van der Waals surface area contributed by atoms with Gasteiger partial charge in [0.25, 0.3) is 0 Å². The van der Waals surface area contributed by atoms with Crippen molar-refractivity contribution in [2.75, 3.05) is 19.8 Å². The number of nitrogens with one attached hydrogen (secondary N) is 1. The lowest BCUT2D eigenvalue weighted by Gasteiger charge is -2.27. The average Bonchev–Trinajstić information content (AvgIpc) is 3.25. The molecular formula is C27H34ClN3O2. The number of ether oxygens (including phenoxy) is 2. The van der Waals surface area contributed by atoms with E-state index < -0.39 is 0 Å². The van der Waals surface area contributed by atoms with Crippen molar-refractivity contribution in [3.05, 3.63) is 64.3 Å². The van der Waals surface area contributed by atoms with Gasteiger partial charge >= 0.3 is 0 Å². The molecule has 0 saturated carbocycles. The number of H-pyrrole nitrogens is 1. The van der Waals surface area contributed by atoms with Crippen LogP contribution < -0.4 is 9.47 Å². The molecule has 33 heavy (non-hydrogen) atoms. The first-order valence-electron chi connectivity index (χ1n) is 12.1. The Bertz CT molecular complexity index is 1040. The van der Waals surface area contributed by atoms with Crippen LogP contribution in [0.5, 0.6) is 11.5 Å². The van der Waals surface area contributed by atoms with Crippen molar-refractivity contribution in [2.24, 2.45) is 0 Å². The number of unbranched alkanes of at least 4 members (excludes halogenated alkanes) is 2. The minimum atomic E-state index is 0.601. The van der Waals surface area contributed by atoms with Crippen LogP contribution in [-0.4, -0.2) is 34.9 Å². The molecule has 3 aromatic rings. The van der Waals surface area contributed by atoms with E-state index in [1.54, 1.807) is 0 Å². The summed E-state index contributed by atoms with van der Waals surface area (Å²) in [7, 11) is 0. The minimum Gasteiger partial charge on any atom is -0.493 e. The molecule has 1 N–H and O–H groups in total. The maximum absolute atomic E-state index is 6.65. The van der Waals surface area contributed by atoms with Gasteiger partial charge in [-0.1, -0.05) is 68.6 Å². The highest BCUT2D eigenvalue weighted by Crippen LogP contribution is 2.41. The summed E-state index contributed by atoms with van der Waals surface area (Å²) >= 11 is 6.65. The number of benzene rings is 2. The summed E-state index contributed by atoms with van der Waals surface area (Å²) in [4.78, 5) is 2.47. The second-order valence-electron chi connectivity index (χ2n) is 8.65. The third-order valence-corrected chi connectivity index (χ3v) is 6.36. The van der Waals surface area contributed by atoms with Crippen molar-refractivity contribution in [3.63, 3.8) is 0 Å². The fraction of sp³-hybridized carbons (Fsp3) is 0.444. The fourth-order valence-electron chi connectivity index (χ4n) is 4.16. The summed E-state index contributed by atoms with van der Waals surface area (Å²) in [5.74, 6) is 1.48. The Morgan fingerprint density at radius 2 is 1.73 bits per heavy atom. The summed E-state index contributed by atoms with van der Waals surface area (Å²) in [5, 5.41) is 8.54. The maximum Gasteiger partial charge on any atom is 0.141 e. The van der Waals surface area contributed by atoms with Gasteiger partial charge in [-0.3, -0.25) is 10.00 Å². The first-order valence-corrected chi connectivity index (χ1v) is 12.5. The molecule has 0 aliphatic carbocycles. The molecule has 0 spiro atoms. The van der Waals surface area contributed by atoms with Gasteiger partial charge in [-0.15, -0.1) is 0 Å². The van der Waals surface area contributed by atoms with Crippen LogP contribution in [0.2, 0.25) is 5.02 Å². The molecule has 0 atom stereocenters. The van der Waals surface area contributed by atoms with Crippen LogP contribution in [0.25, 0.3) is 11.3 Å². The molecule has 0 saturated heterocycles. The van der Waals surface area contributed by atoms with E-state index in [0.29, 0.717) is 24.0 Å². The number of aromatic amines is 1. The normalized spacial score (nSPS) is 13.7. The SMILES string of the molecule is CCCCOc1cc(OCCCC)c(-c2[nH]nc3c2CN(Cc2ccccc2)CC3)cc1Cl. The molecule has 1 aromatic heterocycles. The van der Waals surface area contributed by atoms with E-state index in [0.717, 1.165) is 74.4 Å². The summed E-state index contributed by atoms with van der Waals surface area (Å²) in [6.07, 6.45) is 5.08. The molecule has 6 heteroatoms. The summed E-state index contributed by atoms with van der Waals surface area (Å²) in [5.41, 5.74) is 5.64. The summed E-state index contributed by atoms with van der Waals surface area (Å²) in [6, 6.07) is 14.5. The molecule has 2 aromatic carbocycles. The van der Waals surface area contributed by atoms with Crippen LogP contribution in [0, 0.1) is 0 Å². The smallest absolute Gasteiger partial charge is 0.141 e. The number of hydrogen-bond donors (Lipinski definition) is 1. The molecule has 176 valence electrons. The van der Waals surface area contributed by atoms with E-state index in [2.05, 4.69) is 59.3 Å². The van der Waals surface area contributed by atoms with Crippen molar-refractivity contribution < 1.29 is 9.47 Å². The topological polar surface area (TPSA) is 50.4 Å². The largest absolute Gasteiger partial charge is 0.493 e. The van der Waals surface area contributed by atoms with E-state index in [1.165, 1.54) is 11.1 Å². The monoisotopic (exact) mass is 467 g/mol. The Balaban J connectivity index is 1.61. The lowest BCUT2D eigenvalue weighted by Crippen LogP contribution is -2.30. The standard InChI is InChI=1S/C27H34ClN3O2/c1-3-5-14-32-25-17-26(33-15-6-4-2)23(28)16-21(25)27-22-19-31(13-12-24(22)29-30-27)18-20-10-8-7-9-11-20/h7-11,16-17H,3-6,12-15,18-19H2,1-2H3,(H,29,30). The molecule has 5 nitrogen and oxygen atoms in total. The molecule has 0 unspecified atom stereocenters. The van der Waals surface area contributed by atoms with Crippen molar-refractivity contribution >= 4 is 11.6 Å². The maximum atomic E-state index is 6.65. The molecule has 2 heterocycles. The van der Waals surface area contributed by atoms with Gasteiger partial charge in [0.2, 0.25) is 0 Å². The zero-order valence-electron chi connectivity index (χ0n) is 19.7. The number of nitrogens with zero attached hydrogens (tertiary/aromatic N) is 2. The van der Waals surface area contributed by atoms with Gasteiger partial charge in [-0.05, 0) is 24.5 Å². The highest BCUT2D eigenvalue weighted by atomic mass is 35.5. The number of fused-ring (bicyclic) bond motifs is 1. The Labute approximate surface area is 202 Å². The van der Waals surface area contributed by atoms with Crippen LogP contribution in [0.15, 0.2) is 42.5 Å². The van der Waals surface area contributed by atoms with Crippen molar-refractivity contribution in [1.82, 2.24) is 15.1 Å². The quantitative estimate of drug-likeness (QED) is 0.321. The van der Waals surface area contributed by atoms with Crippen molar-refractivity contribution in [2.45, 2.75) is 59.0 Å². The van der Waals surface area contributed by atoms with Crippen molar-refractivity contribution in [1.29, 1.82) is 0 Å². The first kappa shape index (κ1) is 23.7. The summed E-state index contributed by atoms with van der Waals surface area (Å²) in [6.45, 7) is 8.39. The van der Waals surface area contributed by atoms with Crippen LogP contribution in [0.1, 0.15) is 56.4 Å². The third kappa shape index (κ3) is 5.90. The predicted molar refractivity (Wildman–Crippen MR) is 134 cm³/mol. The molecule has 0 radical (unpaired) electrons. The fourth-order valence-corrected chi connectivity index (χ4v) is 4.38. The van der Waals surface area contributed by atoms with Gasteiger partial charge in [-0.2, -0.15) is 5.10 Å². The second kappa shape index (κ2) is 11.6. The Morgan fingerprint density at radius 3 is 2.45 bits per heavy atom. The van der Waals surface area contributed by atoms with Crippen LogP contribution >= 0.6 is 11.6 Å². The van der Waals surface area contributed by atoms with E-state index in [1.807, 2.05) is 12.1 Å². The highest BCUT2D eigenvalue weighted by molar-refractivity contribution is 6.32. The Hall–Kier alpha value is -2.50. The van der Waals surface area contributed by atoms with E-state index in [4.69, 9.17) is 21.1 Å². The minimum absolute atomic E-state index is 0.601. The number of aromatic nitrogens is 2. The molecular weight excluding hydrogens is 434 g/mol. The van der Waals surface area contributed by atoms with Crippen LogP contribution in [0.3, 0.4) is 0 Å². The van der Waals surface area contributed by atoms with Crippen LogP contribution in [0.4, 0.5) is 0 Å². The Kier molecular flexibility index (Phi) is 8.30. The van der Waals surface area contributed by atoms with Gasteiger partial charge in [0.15, 0.2) is 0 Å². The molecule has 1 aliphatic rings. The lowest BCUT2D eigenvalue weighted by molar-refractivity contribution is 0.245. The zero-order valence-corrected chi connectivity index (χ0v) is 20.5. The number of rotatable bonds is 11. The van der Waals surface area contributed by atoms with Crippen LogP contribution in [-0.2, 0) is 19.5 Å². The van der Waals surface area contributed by atoms with E-state index in [9.17, 15) is 0 Å². The van der Waals surface area contributed by atoms with Gasteiger partial charge < -0.3 is 9.47 Å². The average molecular weight is 468 g/mol. The van der Waals surface area contributed by atoms with Crippen molar-refractivity contribution in [3.8, 4) is 22.8 Å². The molecule has 0 amide bonds. The third-order valence-electron chi connectivity index (χ3n) is 6.06. The molecule has 1 aliphatic heterocycles. The first-order chi connectivity index (χ1) is 16.2. The van der Waals surface area contributed by atoms with Gasteiger partial charge in [0, 0.05) is 43.2 Å². The second-order valence-corrected chi connectivity index (χ2v) is 9.06. The Morgan fingerprint density at radius 1 is 1.00 bits per heavy atom. The molecule has 4 rings (SSSR count). The lowest BCUT2D eigenvalue weighted by atomic mass is 9.99. The van der Waals surface area contributed by atoms with E-state index >= 15 is 0 Å². The summed E-state index contributed by atoms with van der Waals surface area (Å²) < 4.78 is 12.2. The van der Waals surface area contributed by atoms with Gasteiger partial charge in [-0.25, -0.2) is 0 Å². The van der Waals surface area contributed by atoms with E-state index in [-0.39, 0.29) is 0 Å². The molecule has 0 fully saturated rings. The number of hydrogen-bond acceptors (Lipinski definition) is 4. The zero-order chi connectivity index (χ0) is 23.0. The van der Waals surface area contributed by atoms with Gasteiger partial charge in [0.05, 0.1) is 29.6 Å². The number of halogens is 1. The van der Waals surface area contributed by atoms with Gasteiger partial charge in [0.1, 0.15) is 11.5 Å². The highest BCUT2D eigenvalue weighted by Gasteiger charge is 2.25. The predicted octanol–water partition coefficient (Wildman–Crippen LogP) is 6.65. The molecule has 0 bridgehead atoms.